The van der Waals surface area contributed by atoms with Gasteiger partial charge in [-0.15, -0.1) is 0 Å². The van der Waals surface area contributed by atoms with Crippen LogP contribution < -0.4 is 4.74 Å². The van der Waals surface area contributed by atoms with E-state index in [-0.39, 0.29) is 0 Å². The van der Waals surface area contributed by atoms with Crippen LogP contribution in [0.1, 0.15) is 5.56 Å². The zero-order valence-electron chi connectivity index (χ0n) is 12.8. The molecular weight excluding hydrogens is 390 g/mol. The molecule has 2 aromatic heterocycles. The van der Waals surface area contributed by atoms with Crippen molar-refractivity contribution in [3.63, 3.8) is 0 Å². The van der Waals surface area contributed by atoms with E-state index < -0.39 is 0 Å². The molecule has 0 amide bonds. The molecule has 0 radical (unpaired) electrons. The minimum Gasteiger partial charge on any atom is -0.497 e. The van der Waals surface area contributed by atoms with Crippen LogP contribution in [-0.2, 0) is 6.54 Å². The Morgan fingerprint density at radius 2 is 1.92 bits per heavy atom. The second-order valence-electron chi connectivity index (χ2n) is 5.50. The number of pyridine rings is 1. The summed E-state index contributed by atoms with van der Waals surface area (Å²) in [5.41, 5.74) is 2.72. The Balaban J connectivity index is 1.80. The van der Waals surface area contributed by atoms with Crippen LogP contribution in [0.3, 0.4) is 0 Å². The molecule has 2 aromatic carbocycles. The maximum atomic E-state index is 6.32. The highest BCUT2D eigenvalue weighted by molar-refractivity contribution is 9.10. The molecule has 24 heavy (non-hydrogen) atoms. The first kappa shape index (κ1) is 15.4. The van der Waals surface area contributed by atoms with Crippen LogP contribution >= 0.6 is 27.5 Å². The highest BCUT2D eigenvalue weighted by atomic mass is 79.9. The van der Waals surface area contributed by atoms with Gasteiger partial charge in [0.05, 0.1) is 19.2 Å². The molecular formula is C18H13BrClN3O. The van der Waals surface area contributed by atoms with Gasteiger partial charge in [0, 0.05) is 21.4 Å². The van der Waals surface area contributed by atoms with Crippen LogP contribution in [0, 0.1) is 0 Å². The van der Waals surface area contributed by atoms with Gasteiger partial charge in [-0.1, -0.05) is 39.7 Å². The molecule has 120 valence electrons. The molecule has 0 atom stereocenters. The second-order valence-corrected chi connectivity index (χ2v) is 6.77. The van der Waals surface area contributed by atoms with Gasteiger partial charge in [-0.3, -0.25) is 4.68 Å². The Kier molecular flexibility index (Phi) is 3.90. The lowest BCUT2D eigenvalue weighted by atomic mass is 10.1. The second kappa shape index (κ2) is 6.07. The first-order valence-electron chi connectivity index (χ1n) is 7.39. The monoisotopic (exact) mass is 401 g/mol. The van der Waals surface area contributed by atoms with Crippen LogP contribution in [0.25, 0.3) is 21.8 Å². The Morgan fingerprint density at radius 1 is 1.12 bits per heavy atom. The molecule has 0 N–H and O–H groups in total. The van der Waals surface area contributed by atoms with Crippen molar-refractivity contribution in [1.29, 1.82) is 0 Å². The van der Waals surface area contributed by atoms with Gasteiger partial charge in [0.25, 0.3) is 0 Å². The van der Waals surface area contributed by atoms with Crippen LogP contribution in [-0.4, -0.2) is 21.9 Å². The number of ether oxygens (including phenoxy) is 1. The minimum absolute atomic E-state index is 0.424. The first-order chi connectivity index (χ1) is 11.6. The summed E-state index contributed by atoms with van der Waals surface area (Å²) in [6.07, 6.45) is 2.02. The third-order valence-corrected chi connectivity index (χ3v) is 4.68. The molecule has 0 saturated heterocycles. The van der Waals surface area contributed by atoms with Crippen molar-refractivity contribution in [1.82, 2.24) is 14.8 Å². The summed E-state index contributed by atoms with van der Waals surface area (Å²) in [4.78, 5) is 4.44. The Hall–Kier alpha value is -2.11. The van der Waals surface area contributed by atoms with E-state index in [2.05, 4.69) is 26.0 Å². The number of hydrogen-bond donors (Lipinski definition) is 0. The van der Waals surface area contributed by atoms with Crippen molar-refractivity contribution in [2.75, 3.05) is 7.11 Å². The molecule has 2 heterocycles. The average Bonchev–Trinajstić information content (AvgIpc) is 3.01. The highest BCUT2D eigenvalue weighted by Crippen LogP contribution is 2.30. The van der Waals surface area contributed by atoms with Gasteiger partial charge in [0.15, 0.2) is 5.15 Å². The first-order valence-corrected chi connectivity index (χ1v) is 8.56. The van der Waals surface area contributed by atoms with Crippen LogP contribution in [0.15, 0.2) is 53.1 Å². The van der Waals surface area contributed by atoms with Crippen molar-refractivity contribution in [3.8, 4) is 5.75 Å². The van der Waals surface area contributed by atoms with E-state index in [1.165, 1.54) is 0 Å². The summed E-state index contributed by atoms with van der Waals surface area (Å²) in [7, 11) is 1.66. The largest absolute Gasteiger partial charge is 0.497 e. The fourth-order valence-electron chi connectivity index (χ4n) is 2.75. The van der Waals surface area contributed by atoms with Crippen molar-refractivity contribution in [2.45, 2.75) is 6.54 Å². The Labute approximate surface area is 152 Å². The molecule has 0 spiro atoms. The normalized spacial score (nSPS) is 11.3. The van der Waals surface area contributed by atoms with Gasteiger partial charge in [-0.2, -0.15) is 5.10 Å². The molecule has 6 heteroatoms. The Morgan fingerprint density at radius 3 is 2.67 bits per heavy atom. The molecule has 4 rings (SSSR count). The van der Waals surface area contributed by atoms with E-state index >= 15 is 0 Å². The highest BCUT2D eigenvalue weighted by Gasteiger charge is 2.12. The van der Waals surface area contributed by atoms with E-state index in [1.807, 2.05) is 53.3 Å². The van der Waals surface area contributed by atoms with Crippen LogP contribution in [0.2, 0.25) is 5.15 Å². The minimum atomic E-state index is 0.424. The topological polar surface area (TPSA) is 39.9 Å². The predicted molar refractivity (Wildman–Crippen MR) is 99.8 cm³/mol. The molecule has 0 fully saturated rings. The average molecular weight is 403 g/mol. The van der Waals surface area contributed by atoms with Crippen molar-refractivity contribution >= 4 is 49.3 Å². The standard InChI is InChI=1S/C18H13BrClN3O/c1-24-13-5-2-11(3-6-13)9-23-10-15-14-8-12(19)4-7-16(14)21-18(20)17(15)22-23/h2-8,10H,9H2,1H3. The number of benzene rings is 2. The van der Waals surface area contributed by atoms with Crippen molar-refractivity contribution < 1.29 is 4.74 Å². The predicted octanol–water partition coefficient (Wildman–Crippen LogP) is 5.06. The number of aromatic nitrogens is 3. The molecule has 0 bridgehead atoms. The number of rotatable bonds is 3. The number of nitrogens with zero attached hydrogens (tertiary/aromatic N) is 3. The van der Waals surface area contributed by atoms with Gasteiger partial charge in [0.1, 0.15) is 11.3 Å². The fourth-order valence-corrected chi connectivity index (χ4v) is 3.34. The van der Waals surface area contributed by atoms with E-state index in [4.69, 9.17) is 16.3 Å². The molecule has 0 unspecified atom stereocenters. The van der Waals surface area contributed by atoms with Gasteiger partial charge in [0.2, 0.25) is 0 Å². The lowest BCUT2D eigenvalue weighted by molar-refractivity contribution is 0.414. The van der Waals surface area contributed by atoms with Gasteiger partial charge in [-0.05, 0) is 35.9 Å². The Bertz CT molecular complexity index is 1040. The summed E-state index contributed by atoms with van der Waals surface area (Å²) in [5.74, 6) is 0.840. The third kappa shape index (κ3) is 2.74. The van der Waals surface area contributed by atoms with Gasteiger partial charge >= 0.3 is 0 Å². The fraction of sp³-hybridized carbons (Fsp3) is 0.111. The number of methoxy groups -OCH3 is 1. The van der Waals surface area contributed by atoms with Crippen LogP contribution in [0.5, 0.6) is 5.75 Å². The van der Waals surface area contributed by atoms with Crippen molar-refractivity contribution in [2.24, 2.45) is 0 Å². The summed E-state index contributed by atoms with van der Waals surface area (Å²) < 4.78 is 8.08. The van der Waals surface area contributed by atoms with Crippen molar-refractivity contribution in [3.05, 3.63) is 63.9 Å². The van der Waals surface area contributed by atoms with E-state index in [0.717, 1.165) is 37.6 Å². The summed E-state index contributed by atoms with van der Waals surface area (Å²) >= 11 is 9.83. The number of hydrogen-bond acceptors (Lipinski definition) is 3. The molecule has 0 aliphatic carbocycles. The summed E-state index contributed by atoms with van der Waals surface area (Å²) in [6, 6.07) is 13.9. The SMILES string of the molecule is COc1ccc(Cn2cc3c(n2)c(Cl)nc2ccc(Br)cc23)cc1. The summed E-state index contributed by atoms with van der Waals surface area (Å²) in [6.45, 7) is 0.657. The van der Waals surface area contributed by atoms with E-state index in [9.17, 15) is 0 Å². The lowest BCUT2D eigenvalue weighted by Gasteiger charge is -2.03. The zero-order chi connectivity index (χ0) is 16.7. The van der Waals surface area contributed by atoms with E-state index in [1.54, 1.807) is 7.11 Å². The third-order valence-electron chi connectivity index (χ3n) is 3.93. The maximum absolute atomic E-state index is 6.32. The van der Waals surface area contributed by atoms with Crippen LogP contribution in [0.4, 0.5) is 0 Å². The molecule has 0 saturated carbocycles. The quantitative estimate of drug-likeness (QED) is 0.450. The smallest absolute Gasteiger partial charge is 0.157 e. The van der Waals surface area contributed by atoms with Gasteiger partial charge < -0.3 is 4.74 Å². The maximum Gasteiger partial charge on any atom is 0.157 e. The number of fused-ring (bicyclic) bond motifs is 3. The number of halogens is 2. The molecule has 4 aromatic rings. The molecule has 4 nitrogen and oxygen atoms in total. The summed E-state index contributed by atoms with van der Waals surface area (Å²) in [5, 5.41) is 7.06. The van der Waals surface area contributed by atoms with Gasteiger partial charge in [-0.25, -0.2) is 4.98 Å². The van der Waals surface area contributed by atoms with E-state index in [0.29, 0.717) is 11.7 Å². The lowest BCUT2D eigenvalue weighted by Crippen LogP contribution is -1.99. The molecule has 0 aliphatic rings. The molecule has 0 aliphatic heterocycles. The zero-order valence-corrected chi connectivity index (χ0v) is 15.2.